The van der Waals surface area contributed by atoms with Crippen molar-refractivity contribution in [2.45, 2.75) is 31.5 Å². The van der Waals surface area contributed by atoms with Gasteiger partial charge in [0.2, 0.25) is 0 Å². The second kappa shape index (κ2) is 5.12. The Morgan fingerprint density at radius 3 is 2.71 bits per heavy atom. The van der Waals surface area contributed by atoms with Crippen LogP contribution < -0.4 is 5.73 Å². The second-order valence-corrected chi connectivity index (χ2v) is 4.76. The molecule has 0 bridgehead atoms. The lowest BCUT2D eigenvalue weighted by molar-refractivity contribution is 0.150. The number of aliphatic hydroxyl groups excluding tert-OH is 1. The zero-order valence-electron chi connectivity index (χ0n) is 10.0. The Labute approximate surface area is 101 Å². The van der Waals surface area contributed by atoms with E-state index in [0.717, 1.165) is 13.0 Å². The average Bonchev–Trinajstić information content (AvgIpc) is 2.68. The van der Waals surface area contributed by atoms with Gasteiger partial charge < -0.3 is 10.8 Å². The number of halogens is 1. The highest BCUT2D eigenvalue weighted by atomic mass is 19.1. The van der Waals surface area contributed by atoms with Gasteiger partial charge >= 0.3 is 0 Å². The summed E-state index contributed by atoms with van der Waals surface area (Å²) in [7, 11) is 0. The number of aliphatic hydroxyl groups is 1. The number of rotatable bonds is 3. The molecule has 1 aromatic rings. The van der Waals surface area contributed by atoms with Crippen LogP contribution >= 0.6 is 0 Å². The zero-order chi connectivity index (χ0) is 12.4. The molecule has 1 saturated heterocycles. The fraction of sp³-hybridized carbons (Fsp3) is 0.538. The van der Waals surface area contributed by atoms with Crippen LogP contribution in [0.4, 0.5) is 4.39 Å². The Morgan fingerprint density at radius 2 is 2.18 bits per heavy atom. The number of hydrogen-bond acceptors (Lipinski definition) is 3. The molecule has 0 aromatic heterocycles. The number of likely N-dealkylation sites (tertiary alicyclic amines) is 1. The van der Waals surface area contributed by atoms with Gasteiger partial charge in [-0.05, 0) is 19.4 Å². The summed E-state index contributed by atoms with van der Waals surface area (Å²) in [5.74, 6) is -0.226. The summed E-state index contributed by atoms with van der Waals surface area (Å²) in [5.41, 5.74) is 6.59. The SMILES string of the molecule is CC(N)C(c1ccccc1F)N1CCC(O)C1. The Hall–Kier alpha value is -0.970. The van der Waals surface area contributed by atoms with Crippen molar-refractivity contribution in [3.8, 4) is 0 Å². The molecule has 0 amide bonds. The molecule has 3 unspecified atom stereocenters. The van der Waals surface area contributed by atoms with Crippen molar-refractivity contribution in [3.05, 3.63) is 35.6 Å². The molecule has 0 saturated carbocycles. The van der Waals surface area contributed by atoms with Crippen molar-refractivity contribution in [3.63, 3.8) is 0 Å². The summed E-state index contributed by atoms with van der Waals surface area (Å²) in [6.45, 7) is 3.21. The smallest absolute Gasteiger partial charge is 0.128 e. The van der Waals surface area contributed by atoms with E-state index in [9.17, 15) is 9.50 Å². The van der Waals surface area contributed by atoms with E-state index >= 15 is 0 Å². The molecule has 2 rings (SSSR count). The molecular weight excluding hydrogens is 219 g/mol. The van der Waals surface area contributed by atoms with Crippen LogP contribution in [0.15, 0.2) is 24.3 Å². The average molecular weight is 238 g/mol. The van der Waals surface area contributed by atoms with E-state index in [1.165, 1.54) is 6.07 Å². The molecule has 1 fully saturated rings. The minimum Gasteiger partial charge on any atom is -0.392 e. The molecule has 0 aliphatic carbocycles. The van der Waals surface area contributed by atoms with Crippen LogP contribution in [0.2, 0.25) is 0 Å². The van der Waals surface area contributed by atoms with Gasteiger partial charge in [-0.3, -0.25) is 4.90 Å². The van der Waals surface area contributed by atoms with E-state index in [1.54, 1.807) is 12.1 Å². The lowest BCUT2D eigenvalue weighted by Gasteiger charge is -2.31. The lowest BCUT2D eigenvalue weighted by atomic mass is 9.99. The molecule has 17 heavy (non-hydrogen) atoms. The quantitative estimate of drug-likeness (QED) is 0.834. The molecule has 3 atom stereocenters. The summed E-state index contributed by atoms with van der Waals surface area (Å²) >= 11 is 0. The highest BCUT2D eigenvalue weighted by Gasteiger charge is 2.31. The van der Waals surface area contributed by atoms with Gasteiger partial charge in [0.05, 0.1) is 12.1 Å². The topological polar surface area (TPSA) is 49.5 Å². The Bertz CT molecular complexity index is 383. The Balaban J connectivity index is 2.27. The van der Waals surface area contributed by atoms with E-state index in [4.69, 9.17) is 5.73 Å². The van der Waals surface area contributed by atoms with Crippen molar-refractivity contribution in [2.24, 2.45) is 5.73 Å². The minimum atomic E-state index is -0.317. The van der Waals surface area contributed by atoms with Crippen molar-refractivity contribution in [1.82, 2.24) is 4.90 Å². The Kier molecular flexibility index (Phi) is 3.76. The third-order valence-electron chi connectivity index (χ3n) is 3.31. The fourth-order valence-corrected chi connectivity index (χ4v) is 2.55. The van der Waals surface area contributed by atoms with Crippen molar-refractivity contribution in [2.75, 3.05) is 13.1 Å². The van der Waals surface area contributed by atoms with Crippen LogP contribution in [0.3, 0.4) is 0 Å². The molecule has 1 aromatic carbocycles. The first-order valence-electron chi connectivity index (χ1n) is 6.01. The number of nitrogens with zero attached hydrogens (tertiary/aromatic N) is 1. The zero-order valence-corrected chi connectivity index (χ0v) is 10.0. The van der Waals surface area contributed by atoms with E-state index < -0.39 is 0 Å². The van der Waals surface area contributed by atoms with Gasteiger partial charge in [0.25, 0.3) is 0 Å². The van der Waals surface area contributed by atoms with Crippen LogP contribution in [0, 0.1) is 5.82 Å². The highest BCUT2D eigenvalue weighted by Crippen LogP contribution is 2.29. The van der Waals surface area contributed by atoms with E-state index in [1.807, 2.05) is 13.0 Å². The van der Waals surface area contributed by atoms with Crippen LogP contribution in [0.5, 0.6) is 0 Å². The summed E-state index contributed by atoms with van der Waals surface area (Å²) < 4.78 is 13.8. The van der Waals surface area contributed by atoms with Crippen LogP contribution in [-0.4, -0.2) is 35.2 Å². The maximum atomic E-state index is 13.8. The third kappa shape index (κ3) is 2.65. The molecule has 0 radical (unpaired) electrons. The molecular formula is C13H19FN2O. The standard InChI is InChI=1S/C13H19FN2O/c1-9(15)13(16-7-6-10(17)8-16)11-4-2-3-5-12(11)14/h2-5,9-10,13,17H,6-8,15H2,1H3. The number of nitrogens with two attached hydrogens (primary N) is 1. The van der Waals surface area contributed by atoms with Gasteiger partial charge in [0.1, 0.15) is 5.82 Å². The van der Waals surface area contributed by atoms with Gasteiger partial charge in [-0.15, -0.1) is 0 Å². The van der Waals surface area contributed by atoms with Gasteiger partial charge in [-0.25, -0.2) is 4.39 Å². The predicted octanol–water partition coefficient (Wildman–Crippen LogP) is 1.28. The maximum Gasteiger partial charge on any atom is 0.128 e. The summed E-state index contributed by atoms with van der Waals surface area (Å²) in [5, 5.41) is 9.57. The third-order valence-corrected chi connectivity index (χ3v) is 3.31. The largest absolute Gasteiger partial charge is 0.392 e. The summed E-state index contributed by atoms with van der Waals surface area (Å²) in [6.07, 6.45) is 0.417. The first kappa shape index (κ1) is 12.5. The first-order valence-corrected chi connectivity index (χ1v) is 6.01. The molecule has 3 nitrogen and oxygen atoms in total. The number of benzene rings is 1. The van der Waals surface area contributed by atoms with Crippen molar-refractivity contribution in [1.29, 1.82) is 0 Å². The molecule has 3 N–H and O–H groups in total. The van der Waals surface area contributed by atoms with Gasteiger partial charge in [0, 0.05) is 24.7 Å². The van der Waals surface area contributed by atoms with E-state index in [0.29, 0.717) is 12.1 Å². The number of β-amino-alcohol motifs (C(OH)–C–C–N with tert-alkyl or cyclic N) is 1. The lowest BCUT2D eigenvalue weighted by Crippen LogP contribution is -2.39. The first-order chi connectivity index (χ1) is 8.09. The molecule has 0 spiro atoms. The molecule has 1 aliphatic rings. The molecule has 1 aliphatic heterocycles. The molecule has 4 heteroatoms. The van der Waals surface area contributed by atoms with Crippen LogP contribution in [0.25, 0.3) is 0 Å². The Morgan fingerprint density at radius 1 is 1.47 bits per heavy atom. The normalized spacial score (nSPS) is 24.8. The van der Waals surface area contributed by atoms with Crippen molar-refractivity contribution < 1.29 is 9.50 Å². The van der Waals surface area contributed by atoms with E-state index in [2.05, 4.69) is 4.90 Å². The van der Waals surface area contributed by atoms with Gasteiger partial charge in [-0.2, -0.15) is 0 Å². The summed E-state index contributed by atoms with van der Waals surface area (Å²) in [4.78, 5) is 2.06. The highest BCUT2D eigenvalue weighted by molar-refractivity contribution is 5.23. The monoisotopic (exact) mass is 238 g/mol. The van der Waals surface area contributed by atoms with Gasteiger partial charge in [0.15, 0.2) is 0 Å². The molecule has 94 valence electrons. The number of hydrogen-bond donors (Lipinski definition) is 2. The maximum absolute atomic E-state index is 13.8. The minimum absolute atomic E-state index is 0.159. The summed E-state index contributed by atoms with van der Waals surface area (Å²) in [6, 6.07) is 6.40. The van der Waals surface area contributed by atoms with E-state index in [-0.39, 0.29) is 24.0 Å². The fourth-order valence-electron chi connectivity index (χ4n) is 2.55. The molecule has 1 heterocycles. The van der Waals surface area contributed by atoms with Gasteiger partial charge in [-0.1, -0.05) is 18.2 Å². The van der Waals surface area contributed by atoms with Crippen LogP contribution in [-0.2, 0) is 0 Å². The van der Waals surface area contributed by atoms with Crippen LogP contribution in [0.1, 0.15) is 24.9 Å². The predicted molar refractivity (Wildman–Crippen MR) is 65.0 cm³/mol. The second-order valence-electron chi connectivity index (χ2n) is 4.76. The van der Waals surface area contributed by atoms with Crippen molar-refractivity contribution >= 4 is 0 Å².